The molecule has 0 fully saturated rings. The minimum absolute atomic E-state index is 0.0745. The molecule has 0 saturated carbocycles. The topological polar surface area (TPSA) is 64.4 Å². The van der Waals surface area contributed by atoms with Crippen LogP contribution in [0.5, 0.6) is 5.75 Å². The van der Waals surface area contributed by atoms with Gasteiger partial charge in [0.15, 0.2) is 5.75 Å². The fourth-order valence-corrected chi connectivity index (χ4v) is 1.39. The Balaban J connectivity index is 2.91. The second-order valence-corrected chi connectivity index (χ2v) is 5.38. The number of hydrogen-bond acceptors (Lipinski definition) is 3. The van der Waals surface area contributed by atoms with Gasteiger partial charge in [0.1, 0.15) is 0 Å². The number of hydrogen-bond donors (Lipinski definition) is 2. The molecule has 1 rings (SSSR count). The summed E-state index contributed by atoms with van der Waals surface area (Å²) in [5, 5.41) is 2.35. The monoisotopic (exact) mass is 290 g/mol. The Labute approximate surface area is 115 Å². The van der Waals surface area contributed by atoms with E-state index >= 15 is 0 Å². The van der Waals surface area contributed by atoms with Crippen LogP contribution in [0, 0.1) is 5.41 Å². The smallest absolute Gasteiger partial charge is 0.404 e. The zero-order valence-electron chi connectivity index (χ0n) is 11.4. The van der Waals surface area contributed by atoms with Gasteiger partial charge in [-0.2, -0.15) is 0 Å². The second-order valence-electron chi connectivity index (χ2n) is 5.38. The van der Waals surface area contributed by atoms with Crippen molar-refractivity contribution in [3.63, 3.8) is 0 Å². The van der Waals surface area contributed by atoms with Gasteiger partial charge in [-0.25, -0.2) is 0 Å². The highest BCUT2D eigenvalue weighted by atomic mass is 19.4. The van der Waals surface area contributed by atoms with Gasteiger partial charge in [0.05, 0.1) is 11.7 Å². The summed E-state index contributed by atoms with van der Waals surface area (Å²) in [6.07, 6.45) is -4.83. The number of carbonyl (C=O) groups is 1. The van der Waals surface area contributed by atoms with Gasteiger partial charge >= 0.3 is 6.36 Å². The first kappa shape index (κ1) is 16.3. The average Bonchev–Trinajstić information content (AvgIpc) is 2.27. The third kappa shape index (κ3) is 4.73. The number of rotatable bonds is 3. The van der Waals surface area contributed by atoms with Crippen LogP contribution in [-0.4, -0.2) is 18.3 Å². The number of nitrogens with one attached hydrogen (secondary N) is 1. The van der Waals surface area contributed by atoms with Gasteiger partial charge in [0.25, 0.3) is 0 Å². The number of amides is 1. The van der Waals surface area contributed by atoms with Crippen molar-refractivity contribution in [2.75, 3.05) is 5.32 Å². The van der Waals surface area contributed by atoms with Crippen LogP contribution in [0.4, 0.5) is 18.9 Å². The van der Waals surface area contributed by atoms with Crippen LogP contribution in [0.1, 0.15) is 20.8 Å². The van der Waals surface area contributed by atoms with Gasteiger partial charge in [-0.05, 0) is 17.5 Å². The van der Waals surface area contributed by atoms with Crippen molar-refractivity contribution < 1.29 is 22.7 Å². The van der Waals surface area contributed by atoms with Crippen molar-refractivity contribution in [2.24, 2.45) is 11.1 Å². The van der Waals surface area contributed by atoms with Crippen LogP contribution >= 0.6 is 0 Å². The van der Waals surface area contributed by atoms with Gasteiger partial charge in [-0.1, -0.05) is 32.9 Å². The first-order chi connectivity index (χ1) is 9.00. The number of anilines is 1. The molecule has 0 aliphatic heterocycles. The molecule has 3 N–H and O–H groups in total. The maximum absolute atomic E-state index is 12.2. The molecule has 0 aromatic heterocycles. The van der Waals surface area contributed by atoms with Gasteiger partial charge in [-0.3, -0.25) is 4.79 Å². The lowest BCUT2D eigenvalue weighted by Crippen LogP contribution is -2.45. The standard InChI is InChI=1S/C13H17F3N2O2/c1-12(2,3)10(17)11(19)18-8-6-4-5-7-9(8)20-13(14,15)16/h4-7,10H,17H2,1-3H3,(H,18,19). The average molecular weight is 290 g/mol. The molecule has 7 heteroatoms. The zero-order chi connectivity index (χ0) is 15.6. The summed E-state index contributed by atoms with van der Waals surface area (Å²) in [4.78, 5) is 11.9. The van der Waals surface area contributed by atoms with E-state index in [4.69, 9.17) is 5.73 Å². The van der Waals surface area contributed by atoms with Crippen LogP contribution in [0.25, 0.3) is 0 Å². The molecule has 112 valence electrons. The van der Waals surface area contributed by atoms with Crippen LogP contribution in [0.3, 0.4) is 0 Å². The van der Waals surface area contributed by atoms with E-state index in [1.54, 1.807) is 20.8 Å². The number of para-hydroxylation sites is 2. The number of nitrogens with two attached hydrogens (primary N) is 1. The molecule has 0 saturated heterocycles. The van der Waals surface area contributed by atoms with Crippen LogP contribution < -0.4 is 15.8 Å². The first-order valence-corrected chi connectivity index (χ1v) is 5.92. The molecule has 0 aliphatic rings. The zero-order valence-corrected chi connectivity index (χ0v) is 11.4. The Morgan fingerprint density at radius 3 is 2.30 bits per heavy atom. The van der Waals surface area contributed by atoms with Crippen LogP contribution in [0.2, 0.25) is 0 Å². The van der Waals surface area contributed by atoms with Crippen LogP contribution in [-0.2, 0) is 4.79 Å². The SMILES string of the molecule is CC(C)(C)C(N)C(=O)Nc1ccccc1OC(F)(F)F. The number of alkyl halides is 3. The Kier molecular flexibility index (Phi) is 4.65. The summed E-state index contributed by atoms with van der Waals surface area (Å²) in [5.41, 5.74) is 5.16. The molecular weight excluding hydrogens is 273 g/mol. The van der Waals surface area contributed by atoms with E-state index < -0.39 is 29.5 Å². The molecule has 1 aromatic carbocycles. The first-order valence-electron chi connectivity index (χ1n) is 5.92. The molecule has 1 atom stereocenters. The second kappa shape index (κ2) is 5.70. The minimum Gasteiger partial charge on any atom is -0.404 e. The number of ether oxygens (including phenoxy) is 1. The molecule has 0 radical (unpaired) electrons. The fraction of sp³-hybridized carbons (Fsp3) is 0.462. The molecule has 0 spiro atoms. The lowest BCUT2D eigenvalue weighted by atomic mass is 9.87. The van der Waals surface area contributed by atoms with E-state index in [-0.39, 0.29) is 5.69 Å². The summed E-state index contributed by atoms with van der Waals surface area (Å²) in [6.45, 7) is 5.28. The van der Waals surface area contributed by atoms with E-state index in [0.717, 1.165) is 6.07 Å². The van der Waals surface area contributed by atoms with Gasteiger partial charge < -0.3 is 15.8 Å². The van der Waals surface area contributed by atoms with Crippen molar-refractivity contribution in [3.05, 3.63) is 24.3 Å². The molecule has 4 nitrogen and oxygen atoms in total. The fourth-order valence-electron chi connectivity index (χ4n) is 1.39. The lowest BCUT2D eigenvalue weighted by molar-refractivity contribution is -0.274. The molecule has 0 aliphatic carbocycles. The minimum atomic E-state index is -4.83. The van der Waals surface area contributed by atoms with Gasteiger partial charge in [0.2, 0.25) is 5.91 Å². The van der Waals surface area contributed by atoms with E-state index in [1.807, 2.05) is 0 Å². The highest BCUT2D eigenvalue weighted by molar-refractivity contribution is 5.96. The van der Waals surface area contributed by atoms with Gasteiger partial charge in [0, 0.05) is 0 Å². The number of halogens is 3. The van der Waals surface area contributed by atoms with Crippen LogP contribution in [0.15, 0.2) is 24.3 Å². The summed E-state index contributed by atoms with van der Waals surface area (Å²) in [7, 11) is 0. The largest absolute Gasteiger partial charge is 0.573 e. The third-order valence-corrected chi connectivity index (χ3v) is 2.59. The Hall–Kier alpha value is -1.76. The van der Waals surface area contributed by atoms with Crippen molar-refractivity contribution in [2.45, 2.75) is 33.2 Å². The molecule has 0 bridgehead atoms. The Morgan fingerprint density at radius 2 is 1.80 bits per heavy atom. The quantitative estimate of drug-likeness (QED) is 0.899. The Morgan fingerprint density at radius 1 is 1.25 bits per heavy atom. The molecule has 0 heterocycles. The summed E-state index contributed by atoms with van der Waals surface area (Å²) >= 11 is 0. The number of benzene rings is 1. The van der Waals surface area contributed by atoms with E-state index in [9.17, 15) is 18.0 Å². The summed E-state index contributed by atoms with van der Waals surface area (Å²) in [6, 6.07) is 4.43. The maximum Gasteiger partial charge on any atom is 0.573 e. The lowest BCUT2D eigenvalue weighted by Gasteiger charge is -2.26. The predicted molar refractivity (Wildman–Crippen MR) is 69.2 cm³/mol. The molecule has 1 aromatic rings. The normalized spacial score (nSPS) is 13.8. The van der Waals surface area contributed by atoms with Crippen molar-refractivity contribution >= 4 is 11.6 Å². The van der Waals surface area contributed by atoms with E-state index in [1.165, 1.54) is 18.2 Å². The molecule has 1 unspecified atom stereocenters. The van der Waals surface area contributed by atoms with E-state index in [0.29, 0.717) is 0 Å². The highest BCUT2D eigenvalue weighted by Gasteiger charge is 2.33. The van der Waals surface area contributed by atoms with Crippen molar-refractivity contribution in [1.29, 1.82) is 0 Å². The molecular formula is C13H17F3N2O2. The number of carbonyl (C=O) groups excluding carboxylic acids is 1. The Bertz CT molecular complexity index is 481. The molecule has 1 amide bonds. The maximum atomic E-state index is 12.2. The summed E-state index contributed by atoms with van der Waals surface area (Å²) in [5.74, 6) is -1.05. The van der Waals surface area contributed by atoms with E-state index in [2.05, 4.69) is 10.1 Å². The van der Waals surface area contributed by atoms with Crippen molar-refractivity contribution in [3.8, 4) is 5.75 Å². The highest BCUT2D eigenvalue weighted by Crippen LogP contribution is 2.30. The van der Waals surface area contributed by atoms with Gasteiger partial charge in [-0.15, -0.1) is 13.2 Å². The summed E-state index contributed by atoms with van der Waals surface area (Å²) < 4.78 is 40.6. The van der Waals surface area contributed by atoms with Crippen molar-refractivity contribution in [1.82, 2.24) is 0 Å². The third-order valence-electron chi connectivity index (χ3n) is 2.59. The predicted octanol–water partition coefficient (Wildman–Crippen LogP) is 2.90. The molecule has 20 heavy (non-hydrogen) atoms.